The summed E-state index contributed by atoms with van der Waals surface area (Å²) in [4.78, 5) is 0. The van der Waals surface area contributed by atoms with Gasteiger partial charge in [-0.15, -0.1) is 0 Å². The van der Waals surface area contributed by atoms with Crippen LogP contribution in [0.4, 0.5) is 0 Å². The Balaban J connectivity index is 2.30. The van der Waals surface area contributed by atoms with Crippen LogP contribution in [0.2, 0.25) is 0 Å². The molecule has 2 aliphatic heterocycles. The molecule has 2 bridgehead atoms. The molecule has 1 heteroatoms. The Bertz CT molecular complexity index is 215. The van der Waals surface area contributed by atoms with E-state index in [1.807, 2.05) is 0 Å². The van der Waals surface area contributed by atoms with E-state index in [0.29, 0.717) is 18.1 Å². The number of hydrogen-bond donors (Lipinski definition) is 0. The van der Waals surface area contributed by atoms with E-state index in [1.54, 1.807) is 11.1 Å². The van der Waals surface area contributed by atoms with Crippen molar-refractivity contribution >= 4 is 0 Å². The summed E-state index contributed by atoms with van der Waals surface area (Å²) in [6.07, 6.45) is 4.71. The molecule has 1 saturated heterocycles. The molecule has 0 amide bonds. The van der Waals surface area contributed by atoms with Crippen molar-refractivity contribution in [1.82, 2.24) is 0 Å². The van der Waals surface area contributed by atoms with E-state index in [0.717, 1.165) is 0 Å². The largest absolute Gasteiger partial charge is 0.366 e. The second kappa shape index (κ2) is 2.88. The lowest BCUT2D eigenvalue weighted by Crippen LogP contribution is -2.13. The van der Waals surface area contributed by atoms with E-state index in [1.165, 1.54) is 19.3 Å². The molecule has 0 spiro atoms. The maximum atomic E-state index is 5.88. The summed E-state index contributed by atoms with van der Waals surface area (Å²) in [6, 6.07) is 0. The highest BCUT2D eigenvalue weighted by Gasteiger charge is 2.39. The van der Waals surface area contributed by atoms with Crippen molar-refractivity contribution in [3.63, 3.8) is 0 Å². The van der Waals surface area contributed by atoms with Crippen LogP contribution >= 0.6 is 0 Å². The summed E-state index contributed by atoms with van der Waals surface area (Å²) in [7, 11) is 0. The molecule has 2 aliphatic rings. The highest BCUT2D eigenvalue weighted by atomic mass is 16.5. The van der Waals surface area contributed by atoms with Gasteiger partial charge < -0.3 is 4.74 Å². The van der Waals surface area contributed by atoms with Crippen LogP contribution in [0.25, 0.3) is 0 Å². The van der Waals surface area contributed by atoms with Gasteiger partial charge in [-0.3, -0.25) is 0 Å². The first-order chi connectivity index (χ1) is 5.74. The zero-order valence-electron chi connectivity index (χ0n) is 8.26. The molecule has 2 unspecified atom stereocenters. The summed E-state index contributed by atoms with van der Waals surface area (Å²) in [5, 5.41) is 0. The lowest BCUT2D eigenvalue weighted by molar-refractivity contribution is 0.108. The molecule has 1 nitrogen and oxygen atoms in total. The Labute approximate surface area is 74.8 Å². The minimum Gasteiger partial charge on any atom is -0.366 e. The van der Waals surface area contributed by atoms with Gasteiger partial charge in [0.2, 0.25) is 0 Å². The van der Waals surface area contributed by atoms with E-state index in [4.69, 9.17) is 4.74 Å². The van der Waals surface area contributed by atoms with E-state index in [2.05, 4.69) is 20.8 Å². The first-order valence-corrected chi connectivity index (χ1v) is 5.12. The molecule has 0 aromatic heterocycles. The maximum absolute atomic E-state index is 5.88. The van der Waals surface area contributed by atoms with Crippen molar-refractivity contribution in [3.8, 4) is 0 Å². The van der Waals surface area contributed by atoms with Crippen molar-refractivity contribution in [3.05, 3.63) is 11.1 Å². The van der Waals surface area contributed by atoms with Crippen LogP contribution in [0.3, 0.4) is 0 Å². The van der Waals surface area contributed by atoms with Crippen molar-refractivity contribution in [1.29, 1.82) is 0 Å². The number of ether oxygens (including phenoxy) is 1. The van der Waals surface area contributed by atoms with Gasteiger partial charge in [-0.2, -0.15) is 0 Å². The third-order valence-electron chi connectivity index (χ3n) is 3.13. The molecule has 0 N–H and O–H groups in total. The SMILES string of the molecule is CCC1=C(C(C)C)C2CCC1O2. The quantitative estimate of drug-likeness (QED) is 0.573. The van der Waals surface area contributed by atoms with Gasteiger partial charge in [0.05, 0.1) is 12.2 Å². The average molecular weight is 166 g/mol. The molecule has 0 aliphatic carbocycles. The van der Waals surface area contributed by atoms with Gasteiger partial charge in [0.15, 0.2) is 0 Å². The molecule has 0 aromatic carbocycles. The van der Waals surface area contributed by atoms with Crippen LogP contribution in [0.5, 0.6) is 0 Å². The van der Waals surface area contributed by atoms with Gasteiger partial charge >= 0.3 is 0 Å². The fraction of sp³-hybridized carbons (Fsp3) is 0.818. The maximum Gasteiger partial charge on any atom is 0.0800 e. The Morgan fingerprint density at radius 2 is 2.00 bits per heavy atom. The second-order valence-electron chi connectivity index (χ2n) is 4.18. The predicted octanol–water partition coefficient (Wildman–Crippen LogP) is 2.91. The Kier molecular flexibility index (Phi) is 1.99. The average Bonchev–Trinajstić information content (AvgIpc) is 2.60. The molecule has 2 atom stereocenters. The van der Waals surface area contributed by atoms with Crippen LogP contribution in [-0.2, 0) is 4.74 Å². The smallest absolute Gasteiger partial charge is 0.0800 e. The van der Waals surface area contributed by atoms with E-state index >= 15 is 0 Å². The Morgan fingerprint density at radius 3 is 2.50 bits per heavy atom. The third-order valence-corrected chi connectivity index (χ3v) is 3.13. The number of fused-ring (bicyclic) bond motifs is 2. The fourth-order valence-electron chi connectivity index (χ4n) is 2.69. The molecular weight excluding hydrogens is 148 g/mol. The van der Waals surface area contributed by atoms with Crippen LogP contribution in [0.15, 0.2) is 11.1 Å². The standard InChI is InChI=1S/C11H18O/c1-4-8-9-5-6-10(12-9)11(8)7(2)3/h7,9-10H,4-6H2,1-3H3. The molecule has 0 saturated carbocycles. The summed E-state index contributed by atoms with van der Waals surface area (Å²) < 4.78 is 5.88. The van der Waals surface area contributed by atoms with Crippen molar-refractivity contribution in [2.24, 2.45) is 5.92 Å². The first kappa shape index (κ1) is 8.31. The molecule has 0 radical (unpaired) electrons. The van der Waals surface area contributed by atoms with Crippen molar-refractivity contribution < 1.29 is 4.74 Å². The predicted molar refractivity (Wildman–Crippen MR) is 50.1 cm³/mol. The molecule has 2 rings (SSSR count). The van der Waals surface area contributed by atoms with Crippen molar-refractivity contribution in [2.75, 3.05) is 0 Å². The topological polar surface area (TPSA) is 9.23 Å². The van der Waals surface area contributed by atoms with Gasteiger partial charge in [-0.1, -0.05) is 20.8 Å². The van der Waals surface area contributed by atoms with Gasteiger partial charge in [0, 0.05) is 0 Å². The summed E-state index contributed by atoms with van der Waals surface area (Å²) in [6.45, 7) is 6.83. The highest BCUT2D eigenvalue weighted by Crippen LogP contribution is 2.43. The van der Waals surface area contributed by atoms with Crippen LogP contribution in [0.1, 0.15) is 40.0 Å². The minimum absolute atomic E-state index is 0.491. The molecule has 12 heavy (non-hydrogen) atoms. The number of rotatable bonds is 2. The molecule has 2 heterocycles. The van der Waals surface area contributed by atoms with Gasteiger partial charge in [-0.05, 0) is 36.3 Å². The minimum atomic E-state index is 0.491. The summed E-state index contributed by atoms with van der Waals surface area (Å²) in [5.74, 6) is 0.690. The van der Waals surface area contributed by atoms with Gasteiger partial charge in [0.1, 0.15) is 0 Å². The lowest BCUT2D eigenvalue weighted by atomic mass is 9.84. The molecule has 1 fully saturated rings. The van der Waals surface area contributed by atoms with Gasteiger partial charge in [0.25, 0.3) is 0 Å². The number of hydrogen-bond acceptors (Lipinski definition) is 1. The van der Waals surface area contributed by atoms with E-state index < -0.39 is 0 Å². The monoisotopic (exact) mass is 166 g/mol. The molecule has 0 aromatic rings. The zero-order chi connectivity index (χ0) is 8.72. The molecular formula is C11H18O. The normalized spacial score (nSPS) is 34.0. The van der Waals surface area contributed by atoms with E-state index in [9.17, 15) is 0 Å². The zero-order valence-corrected chi connectivity index (χ0v) is 8.26. The van der Waals surface area contributed by atoms with Crippen LogP contribution in [-0.4, -0.2) is 12.2 Å². The lowest BCUT2D eigenvalue weighted by Gasteiger charge is -2.18. The second-order valence-corrected chi connectivity index (χ2v) is 4.18. The first-order valence-electron chi connectivity index (χ1n) is 5.12. The summed E-state index contributed by atoms with van der Waals surface area (Å²) in [5.41, 5.74) is 3.23. The van der Waals surface area contributed by atoms with Crippen LogP contribution in [0, 0.1) is 5.92 Å². The van der Waals surface area contributed by atoms with Gasteiger partial charge in [-0.25, -0.2) is 0 Å². The van der Waals surface area contributed by atoms with Crippen molar-refractivity contribution in [2.45, 2.75) is 52.2 Å². The fourth-order valence-corrected chi connectivity index (χ4v) is 2.69. The highest BCUT2D eigenvalue weighted by molar-refractivity contribution is 5.31. The third kappa shape index (κ3) is 1.03. The van der Waals surface area contributed by atoms with E-state index in [-0.39, 0.29) is 0 Å². The summed E-state index contributed by atoms with van der Waals surface area (Å²) >= 11 is 0. The van der Waals surface area contributed by atoms with Crippen LogP contribution < -0.4 is 0 Å². The Hall–Kier alpha value is -0.300. The Morgan fingerprint density at radius 1 is 1.33 bits per heavy atom. The molecule has 68 valence electrons.